The number of hydrogen-bond acceptors (Lipinski definition) is 6. The highest BCUT2D eigenvalue weighted by atomic mass is 79.9. The summed E-state index contributed by atoms with van der Waals surface area (Å²) in [5.41, 5.74) is 2.66. The van der Waals surface area contributed by atoms with E-state index in [0.717, 1.165) is 5.76 Å². The Labute approximate surface area is 100 Å². The summed E-state index contributed by atoms with van der Waals surface area (Å²) in [6.07, 6.45) is 0.518. The zero-order chi connectivity index (χ0) is 11.5. The predicted octanol–water partition coefficient (Wildman–Crippen LogP) is 0.313. The topological polar surface area (TPSA) is 94.8 Å². The van der Waals surface area contributed by atoms with E-state index < -0.39 is 0 Å². The van der Waals surface area contributed by atoms with Crippen LogP contribution in [0, 0.1) is 0 Å². The van der Waals surface area contributed by atoms with Crippen LogP contribution in [0.2, 0.25) is 0 Å². The van der Waals surface area contributed by atoms with E-state index >= 15 is 0 Å². The van der Waals surface area contributed by atoms with E-state index in [0.29, 0.717) is 16.9 Å². The lowest BCUT2D eigenvalue weighted by Crippen LogP contribution is -2.29. The maximum absolute atomic E-state index is 5.46. The first kappa shape index (κ1) is 11.2. The van der Waals surface area contributed by atoms with Crippen LogP contribution in [0.3, 0.4) is 0 Å². The zero-order valence-electron chi connectivity index (χ0n) is 8.59. The molecule has 0 spiro atoms. The number of nitrogens with two attached hydrogens (primary N) is 1. The number of aromatic nitrogens is 4. The number of tetrazole rings is 1. The maximum Gasteiger partial charge on any atom is 0.176 e. The molecule has 0 saturated carbocycles. The third-order valence-electron chi connectivity index (χ3n) is 2.08. The summed E-state index contributed by atoms with van der Waals surface area (Å²) in [6.45, 7) is 0. The quantitative estimate of drug-likeness (QED) is 0.621. The summed E-state index contributed by atoms with van der Waals surface area (Å²) in [6, 6.07) is 3.48. The minimum atomic E-state index is -0.171. The third kappa shape index (κ3) is 2.46. The summed E-state index contributed by atoms with van der Waals surface area (Å²) in [5.74, 6) is 6.79. The van der Waals surface area contributed by atoms with Gasteiger partial charge in [-0.25, -0.2) is 5.43 Å². The van der Waals surface area contributed by atoms with Crippen LogP contribution in [0.15, 0.2) is 21.2 Å². The van der Waals surface area contributed by atoms with E-state index in [9.17, 15) is 0 Å². The first-order chi connectivity index (χ1) is 7.69. The molecular weight excluding hydrogens is 276 g/mol. The fourth-order valence-corrected chi connectivity index (χ4v) is 1.66. The number of nitrogens with one attached hydrogen (secondary N) is 1. The second kappa shape index (κ2) is 4.73. The molecule has 2 heterocycles. The molecule has 1 unspecified atom stereocenters. The molecule has 1 atom stereocenters. The largest absolute Gasteiger partial charge is 0.453 e. The van der Waals surface area contributed by atoms with E-state index in [-0.39, 0.29) is 6.04 Å². The highest BCUT2D eigenvalue weighted by molar-refractivity contribution is 9.10. The minimum absolute atomic E-state index is 0.171. The first-order valence-corrected chi connectivity index (χ1v) is 5.42. The summed E-state index contributed by atoms with van der Waals surface area (Å²) >= 11 is 3.24. The second-order valence-corrected chi connectivity index (χ2v) is 4.04. The number of furan rings is 1. The smallest absolute Gasteiger partial charge is 0.176 e. The van der Waals surface area contributed by atoms with Crippen LogP contribution in [0.4, 0.5) is 0 Å². The van der Waals surface area contributed by atoms with Crippen molar-refractivity contribution < 1.29 is 4.42 Å². The van der Waals surface area contributed by atoms with Gasteiger partial charge < -0.3 is 4.42 Å². The van der Waals surface area contributed by atoms with Crippen LogP contribution in [0.1, 0.15) is 17.6 Å². The van der Waals surface area contributed by atoms with E-state index in [1.54, 1.807) is 7.05 Å². The number of hydrogen-bond donors (Lipinski definition) is 2. The van der Waals surface area contributed by atoms with Crippen molar-refractivity contribution in [3.8, 4) is 0 Å². The summed E-state index contributed by atoms with van der Waals surface area (Å²) in [5, 5.41) is 11.7. The molecule has 0 aliphatic heterocycles. The van der Waals surface area contributed by atoms with Gasteiger partial charge in [-0.1, -0.05) is 0 Å². The number of nitrogens with zero attached hydrogens (tertiary/aromatic N) is 4. The van der Waals surface area contributed by atoms with Gasteiger partial charge >= 0.3 is 0 Å². The monoisotopic (exact) mass is 286 g/mol. The lowest BCUT2D eigenvalue weighted by molar-refractivity contribution is 0.400. The van der Waals surface area contributed by atoms with E-state index in [4.69, 9.17) is 10.3 Å². The second-order valence-electron chi connectivity index (χ2n) is 3.26. The Hall–Kier alpha value is -1.25. The van der Waals surface area contributed by atoms with Crippen molar-refractivity contribution in [2.75, 3.05) is 0 Å². The molecule has 0 bridgehead atoms. The van der Waals surface area contributed by atoms with Gasteiger partial charge in [0, 0.05) is 6.42 Å². The Bertz CT molecular complexity index is 467. The molecule has 0 aliphatic rings. The summed E-state index contributed by atoms with van der Waals surface area (Å²) < 4.78 is 6.07. The zero-order valence-corrected chi connectivity index (χ0v) is 10.2. The molecule has 16 heavy (non-hydrogen) atoms. The highest BCUT2D eigenvalue weighted by Crippen LogP contribution is 2.21. The average Bonchev–Trinajstić information content (AvgIpc) is 2.84. The third-order valence-corrected chi connectivity index (χ3v) is 2.50. The van der Waals surface area contributed by atoms with E-state index in [1.807, 2.05) is 12.1 Å². The normalized spacial score (nSPS) is 12.9. The lowest BCUT2D eigenvalue weighted by atomic mass is 10.1. The van der Waals surface area contributed by atoms with Crippen molar-refractivity contribution in [2.24, 2.45) is 12.9 Å². The van der Waals surface area contributed by atoms with E-state index in [2.05, 4.69) is 36.8 Å². The Morgan fingerprint density at radius 3 is 2.94 bits per heavy atom. The number of halogens is 1. The van der Waals surface area contributed by atoms with Crippen LogP contribution in [0.25, 0.3) is 0 Å². The van der Waals surface area contributed by atoms with Gasteiger partial charge in [-0.05, 0) is 33.3 Å². The van der Waals surface area contributed by atoms with Gasteiger partial charge in [0.1, 0.15) is 5.76 Å². The number of hydrazine groups is 1. The average molecular weight is 287 g/mol. The lowest BCUT2D eigenvalue weighted by Gasteiger charge is -2.10. The molecule has 2 aromatic heterocycles. The summed E-state index contributed by atoms with van der Waals surface area (Å²) in [4.78, 5) is 1.40. The molecule has 0 amide bonds. The Morgan fingerprint density at radius 1 is 1.62 bits per heavy atom. The van der Waals surface area contributed by atoms with Crippen LogP contribution >= 0.6 is 15.9 Å². The maximum atomic E-state index is 5.46. The van der Waals surface area contributed by atoms with Crippen LogP contribution in [-0.4, -0.2) is 20.2 Å². The van der Waals surface area contributed by atoms with Gasteiger partial charge in [0.05, 0.1) is 13.1 Å². The van der Waals surface area contributed by atoms with Crippen LogP contribution in [0.5, 0.6) is 0 Å². The van der Waals surface area contributed by atoms with Gasteiger partial charge in [0.25, 0.3) is 0 Å². The Morgan fingerprint density at radius 2 is 2.44 bits per heavy atom. The van der Waals surface area contributed by atoms with Crippen LogP contribution in [-0.2, 0) is 13.5 Å². The van der Waals surface area contributed by atoms with Gasteiger partial charge in [0.2, 0.25) is 0 Å². The van der Waals surface area contributed by atoms with Crippen molar-refractivity contribution in [1.29, 1.82) is 0 Å². The molecule has 0 fully saturated rings. The van der Waals surface area contributed by atoms with Crippen molar-refractivity contribution in [2.45, 2.75) is 12.5 Å². The predicted molar refractivity (Wildman–Crippen MR) is 59.0 cm³/mol. The van der Waals surface area contributed by atoms with Crippen molar-refractivity contribution in [3.63, 3.8) is 0 Å². The molecule has 8 heteroatoms. The van der Waals surface area contributed by atoms with Crippen LogP contribution < -0.4 is 11.3 Å². The summed E-state index contributed by atoms with van der Waals surface area (Å²) in [7, 11) is 1.71. The molecule has 86 valence electrons. The number of aryl methyl sites for hydroxylation is 1. The minimum Gasteiger partial charge on any atom is -0.453 e. The molecule has 2 rings (SSSR count). The highest BCUT2D eigenvalue weighted by Gasteiger charge is 2.17. The van der Waals surface area contributed by atoms with Crippen molar-refractivity contribution in [1.82, 2.24) is 25.6 Å². The molecule has 0 aliphatic carbocycles. The van der Waals surface area contributed by atoms with Gasteiger partial charge in [-0.15, -0.1) is 10.2 Å². The molecule has 0 saturated heterocycles. The fourth-order valence-electron chi connectivity index (χ4n) is 1.34. The SMILES string of the molecule is Cn1nnc(CC(NN)c2ccc(Br)o2)n1. The molecule has 0 radical (unpaired) electrons. The standard InChI is InChI=1S/C8H11BrN6O/c1-15-13-8(12-14-15)4-5(11-10)6-2-3-7(9)16-6/h2-3,5,11H,4,10H2,1H3. The molecule has 7 nitrogen and oxygen atoms in total. The molecular formula is C8H11BrN6O. The Balaban J connectivity index is 2.12. The molecule has 2 aromatic rings. The molecule has 0 aromatic carbocycles. The van der Waals surface area contributed by atoms with Gasteiger partial charge in [-0.2, -0.15) is 4.80 Å². The Kier molecular flexibility index (Phi) is 3.32. The van der Waals surface area contributed by atoms with Crippen molar-refractivity contribution in [3.05, 3.63) is 28.4 Å². The fraction of sp³-hybridized carbons (Fsp3) is 0.375. The van der Waals surface area contributed by atoms with Gasteiger partial charge in [0.15, 0.2) is 10.5 Å². The molecule has 3 N–H and O–H groups in total. The van der Waals surface area contributed by atoms with Crippen molar-refractivity contribution >= 4 is 15.9 Å². The van der Waals surface area contributed by atoms with E-state index in [1.165, 1.54) is 4.80 Å². The van der Waals surface area contributed by atoms with Gasteiger partial charge in [-0.3, -0.25) is 5.84 Å². The first-order valence-electron chi connectivity index (χ1n) is 4.63. The number of rotatable bonds is 4.